The van der Waals surface area contributed by atoms with Crippen LogP contribution in [0.15, 0.2) is 35.7 Å². The molecule has 2 nitrogen and oxygen atoms in total. The number of carbonyl (C=O) groups excluding carboxylic acids is 1. The van der Waals surface area contributed by atoms with E-state index in [-0.39, 0.29) is 17.8 Å². The molecule has 0 N–H and O–H groups in total. The molecule has 1 heterocycles. The maximum Gasteiger partial charge on any atom is 0.255 e. The molecular formula is C15H13FINOS. The SMILES string of the molecule is O=C(c1csc(I)c1)N(Cc1ccccc1F)C1CC1. The van der Waals surface area contributed by atoms with Gasteiger partial charge >= 0.3 is 0 Å². The molecule has 20 heavy (non-hydrogen) atoms. The standard InChI is InChI=1S/C15H13FINOS/c16-13-4-2-1-3-10(13)8-18(12-5-6-12)15(19)11-7-14(17)20-9-11/h1-4,7,9,12H,5-6,8H2. The zero-order valence-corrected chi connectivity index (χ0v) is 13.7. The Kier molecular flexibility index (Phi) is 4.07. The van der Waals surface area contributed by atoms with Crippen molar-refractivity contribution in [1.82, 2.24) is 4.90 Å². The highest BCUT2D eigenvalue weighted by molar-refractivity contribution is 14.1. The molecule has 0 radical (unpaired) electrons. The van der Waals surface area contributed by atoms with Crippen molar-refractivity contribution in [3.8, 4) is 0 Å². The number of nitrogens with zero attached hydrogens (tertiary/aromatic N) is 1. The lowest BCUT2D eigenvalue weighted by Gasteiger charge is -2.22. The number of benzene rings is 1. The number of amides is 1. The summed E-state index contributed by atoms with van der Waals surface area (Å²) in [5.74, 6) is -0.235. The second-order valence-electron chi connectivity index (χ2n) is 4.90. The molecule has 0 atom stereocenters. The van der Waals surface area contributed by atoms with E-state index >= 15 is 0 Å². The number of hydrogen-bond acceptors (Lipinski definition) is 2. The van der Waals surface area contributed by atoms with Crippen LogP contribution in [0.5, 0.6) is 0 Å². The first-order valence-corrected chi connectivity index (χ1v) is 8.39. The molecule has 3 rings (SSSR count). The van der Waals surface area contributed by atoms with Crippen molar-refractivity contribution in [2.75, 3.05) is 0 Å². The quantitative estimate of drug-likeness (QED) is 0.700. The second-order valence-corrected chi connectivity index (χ2v) is 7.70. The zero-order valence-electron chi connectivity index (χ0n) is 10.7. The van der Waals surface area contributed by atoms with Gasteiger partial charge in [-0.15, -0.1) is 11.3 Å². The molecule has 1 aromatic carbocycles. The summed E-state index contributed by atoms with van der Waals surface area (Å²) in [6.45, 7) is 0.350. The van der Waals surface area contributed by atoms with E-state index in [1.807, 2.05) is 17.5 Å². The van der Waals surface area contributed by atoms with Gasteiger partial charge in [0.1, 0.15) is 5.82 Å². The van der Waals surface area contributed by atoms with E-state index in [9.17, 15) is 9.18 Å². The largest absolute Gasteiger partial charge is 0.331 e. The Morgan fingerprint density at radius 2 is 2.15 bits per heavy atom. The van der Waals surface area contributed by atoms with E-state index in [4.69, 9.17) is 0 Å². The summed E-state index contributed by atoms with van der Waals surface area (Å²) in [6, 6.07) is 8.82. The molecule has 0 aliphatic heterocycles. The lowest BCUT2D eigenvalue weighted by Crippen LogP contribution is -2.32. The average molecular weight is 401 g/mol. The smallest absolute Gasteiger partial charge is 0.255 e. The molecule has 2 aromatic rings. The van der Waals surface area contributed by atoms with Crippen LogP contribution in [-0.2, 0) is 6.54 Å². The predicted octanol–water partition coefficient (Wildman–Crippen LogP) is 4.30. The van der Waals surface area contributed by atoms with E-state index < -0.39 is 0 Å². The Morgan fingerprint density at radius 1 is 1.40 bits per heavy atom. The van der Waals surface area contributed by atoms with Crippen molar-refractivity contribution in [1.29, 1.82) is 0 Å². The molecule has 0 unspecified atom stereocenters. The summed E-state index contributed by atoms with van der Waals surface area (Å²) >= 11 is 3.76. The van der Waals surface area contributed by atoms with Crippen LogP contribution in [0.1, 0.15) is 28.8 Å². The highest BCUT2D eigenvalue weighted by atomic mass is 127. The van der Waals surface area contributed by atoms with Crippen molar-refractivity contribution in [2.45, 2.75) is 25.4 Å². The maximum atomic E-state index is 13.8. The van der Waals surface area contributed by atoms with Crippen LogP contribution in [0.25, 0.3) is 0 Å². The third-order valence-corrected chi connectivity index (χ3v) is 5.15. The van der Waals surface area contributed by atoms with Gasteiger partial charge in [-0.3, -0.25) is 4.79 Å². The van der Waals surface area contributed by atoms with Crippen molar-refractivity contribution >= 4 is 39.8 Å². The van der Waals surface area contributed by atoms with Gasteiger partial charge in [0, 0.05) is 23.5 Å². The van der Waals surface area contributed by atoms with E-state index in [2.05, 4.69) is 22.6 Å². The van der Waals surface area contributed by atoms with Gasteiger partial charge in [-0.2, -0.15) is 0 Å². The third kappa shape index (κ3) is 3.03. The minimum atomic E-state index is -0.245. The van der Waals surface area contributed by atoms with Gasteiger partial charge in [0.15, 0.2) is 0 Å². The minimum Gasteiger partial charge on any atom is -0.331 e. The van der Waals surface area contributed by atoms with Gasteiger partial charge in [-0.25, -0.2) is 4.39 Å². The molecule has 0 spiro atoms. The first-order valence-electron chi connectivity index (χ1n) is 6.43. The van der Waals surface area contributed by atoms with E-state index in [0.717, 1.165) is 15.7 Å². The fraction of sp³-hybridized carbons (Fsp3) is 0.267. The average Bonchev–Trinajstić information content (AvgIpc) is 3.18. The lowest BCUT2D eigenvalue weighted by atomic mass is 10.2. The minimum absolute atomic E-state index is 0.00918. The van der Waals surface area contributed by atoms with Crippen LogP contribution in [0.2, 0.25) is 0 Å². The van der Waals surface area contributed by atoms with Gasteiger partial charge in [-0.1, -0.05) is 18.2 Å². The molecule has 1 fully saturated rings. The summed E-state index contributed by atoms with van der Waals surface area (Å²) in [6.07, 6.45) is 2.03. The molecule has 0 saturated heterocycles. The number of rotatable bonds is 4. The molecule has 0 bridgehead atoms. The van der Waals surface area contributed by atoms with Crippen molar-refractivity contribution in [2.24, 2.45) is 0 Å². The zero-order chi connectivity index (χ0) is 14.1. The Hall–Kier alpha value is -0.950. The van der Waals surface area contributed by atoms with E-state index in [1.54, 1.807) is 28.4 Å². The number of halogens is 2. The first kappa shape index (κ1) is 14.0. The molecule has 1 aromatic heterocycles. The molecule has 1 amide bonds. The summed E-state index contributed by atoms with van der Waals surface area (Å²) in [4.78, 5) is 14.4. The normalized spacial score (nSPS) is 14.3. The van der Waals surface area contributed by atoms with Crippen molar-refractivity contribution in [3.63, 3.8) is 0 Å². The molecule has 5 heteroatoms. The van der Waals surface area contributed by atoms with E-state index in [0.29, 0.717) is 17.7 Å². The summed E-state index contributed by atoms with van der Waals surface area (Å²) in [7, 11) is 0. The van der Waals surface area contributed by atoms with Gasteiger partial charge < -0.3 is 4.90 Å². The molecule has 1 aliphatic rings. The topological polar surface area (TPSA) is 20.3 Å². The van der Waals surface area contributed by atoms with Gasteiger partial charge in [0.25, 0.3) is 5.91 Å². The highest BCUT2D eigenvalue weighted by Gasteiger charge is 2.33. The van der Waals surface area contributed by atoms with Gasteiger partial charge in [0.05, 0.1) is 8.45 Å². The van der Waals surface area contributed by atoms with Crippen LogP contribution in [-0.4, -0.2) is 16.8 Å². The Morgan fingerprint density at radius 3 is 2.75 bits per heavy atom. The Bertz CT molecular complexity index is 638. The van der Waals surface area contributed by atoms with Gasteiger partial charge in [-0.05, 0) is 47.6 Å². The number of thiophene rings is 1. The molecular weight excluding hydrogens is 388 g/mol. The van der Waals surface area contributed by atoms with Crippen LogP contribution in [0.4, 0.5) is 4.39 Å². The van der Waals surface area contributed by atoms with Crippen LogP contribution >= 0.6 is 33.9 Å². The third-order valence-electron chi connectivity index (χ3n) is 3.36. The van der Waals surface area contributed by atoms with Gasteiger partial charge in [0.2, 0.25) is 0 Å². The Balaban J connectivity index is 1.83. The maximum absolute atomic E-state index is 13.8. The number of hydrogen-bond donors (Lipinski definition) is 0. The van der Waals surface area contributed by atoms with Crippen molar-refractivity contribution < 1.29 is 9.18 Å². The predicted molar refractivity (Wildman–Crippen MR) is 86.3 cm³/mol. The lowest BCUT2D eigenvalue weighted by molar-refractivity contribution is 0.0729. The van der Waals surface area contributed by atoms with Crippen LogP contribution < -0.4 is 0 Å². The first-order chi connectivity index (χ1) is 9.65. The van der Waals surface area contributed by atoms with Crippen molar-refractivity contribution in [3.05, 3.63) is 55.5 Å². The fourth-order valence-corrected chi connectivity index (χ4v) is 3.47. The van der Waals surface area contributed by atoms with Crippen LogP contribution in [0.3, 0.4) is 0 Å². The molecule has 104 valence electrons. The molecule has 1 saturated carbocycles. The van der Waals surface area contributed by atoms with E-state index in [1.165, 1.54) is 6.07 Å². The van der Waals surface area contributed by atoms with Crippen LogP contribution in [0, 0.1) is 8.70 Å². The highest BCUT2D eigenvalue weighted by Crippen LogP contribution is 2.31. The second kappa shape index (κ2) is 5.81. The number of carbonyl (C=O) groups is 1. The molecule has 1 aliphatic carbocycles. The fourth-order valence-electron chi connectivity index (χ4n) is 2.15. The Labute approximate surface area is 134 Å². The summed E-state index contributed by atoms with van der Waals surface area (Å²) < 4.78 is 14.9. The monoisotopic (exact) mass is 401 g/mol. The summed E-state index contributed by atoms with van der Waals surface area (Å²) in [5.41, 5.74) is 1.29. The summed E-state index contributed by atoms with van der Waals surface area (Å²) in [5, 5.41) is 1.88.